The number of hydrogen-bond acceptors (Lipinski definition) is 3. The molecule has 3 aromatic rings. The van der Waals surface area contributed by atoms with Crippen LogP contribution < -0.4 is 10.9 Å². The molecule has 6 heteroatoms. The van der Waals surface area contributed by atoms with Crippen molar-refractivity contribution in [2.45, 2.75) is 19.9 Å². The van der Waals surface area contributed by atoms with Crippen LogP contribution in [0.1, 0.15) is 19.9 Å². The van der Waals surface area contributed by atoms with Crippen molar-refractivity contribution in [2.75, 3.05) is 5.32 Å². The molecule has 1 atom stereocenters. The minimum atomic E-state index is -0.757. The third-order valence-electron chi connectivity index (χ3n) is 3.98. The number of carbonyl (C=O) groups is 1. The van der Waals surface area contributed by atoms with Gasteiger partial charge in [-0.2, -0.15) is 0 Å². The maximum absolute atomic E-state index is 13.3. The molecule has 25 heavy (non-hydrogen) atoms. The Morgan fingerprint density at radius 3 is 2.64 bits per heavy atom. The largest absolute Gasteiger partial charge is 0.324 e. The zero-order chi connectivity index (χ0) is 18.0. The van der Waals surface area contributed by atoms with Gasteiger partial charge in [-0.1, -0.05) is 32.0 Å². The standard InChI is InChI=1S/C19H18FN3O2/c1-12(2)17(18(24)22-14-7-5-6-13(20)10-14)23-11-21-16-9-4-3-8-15(16)19(23)25/h3-12,17H,1-2H3,(H,22,24)/t17-/m0/s1. The predicted molar refractivity (Wildman–Crippen MR) is 94.9 cm³/mol. The van der Waals surface area contributed by atoms with Crippen LogP contribution in [0.3, 0.4) is 0 Å². The quantitative estimate of drug-likeness (QED) is 0.792. The van der Waals surface area contributed by atoms with E-state index in [-0.39, 0.29) is 17.4 Å². The van der Waals surface area contributed by atoms with Crippen LogP contribution in [-0.4, -0.2) is 15.5 Å². The summed E-state index contributed by atoms with van der Waals surface area (Å²) in [7, 11) is 0. The molecule has 128 valence electrons. The van der Waals surface area contributed by atoms with Crippen molar-refractivity contribution in [3.63, 3.8) is 0 Å². The van der Waals surface area contributed by atoms with Crippen molar-refractivity contribution < 1.29 is 9.18 Å². The summed E-state index contributed by atoms with van der Waals surface area (Å²) in [5, 5.41) is 3.12. The van der Waals surface area contributed by atoms with Crippen LogP contribution in [0, 0.1) is 11.7 Å². The molecule has 0 spiro atoms. The van der Waals surface area contributed by atoms with Crippen molar-refractivity contribution >= 4 is 22.5 Å². The molecule has 1 N–H and O–H groups in total. The molecule has 1 heterocycles. The number of amides is 1. The molecule has 3 rings (SSSR count). The monoisotopic (exact) mass is 339 g/mol. The summed E-state index contributed by atoms with van der Waals surface area (Å²) < 4.78 is 14.7. The number of nitrogens with zero attached hydrogens (tertiary/aromatic N) is 2. The van der Waals surface area contributed by atoms with E-state index in [1.54, 1.807) is 30.3 Å². The number of nitrogens with one attached hydrogen (secondary N) is 1. The second-order valence-electron chi connectivity index (χ2n) is 6.16. The maximum Gasteiger partial charge on any atom is 0.261 e. The molecule has 1 aromatic heterocycles. The number of benzene rings is 2. The van der Waals surface area contributed by atoms with Gasteiger partial charge in [-0.25, -0.2) is 9.37 Å². The SMILES string of the molecule is CC(C)[C@@H](C(=O)Nc1cccc(F)c1)n1cnc2ccccc2c1=O. The average Bonchev–Trinajstić information content (AvgIpc) is 2.57. The highest BCUT2D eigenvalue weighted by atomic mass is 19.1. The Hall–Kier alpha value is -3.02. The van der Waals surface area contributed by atoms with E-state index in [2.05, 4.69) is 10.3 Å². The summed E-state index contributed by atoms with van der Waals surface area (Å²) in [6.45, 7) is 3.69. The Kier molecular flexibility index (Phi) is 4.61. The number of carbonyl (C=O) groups excluding carboxylic acids is 1. The number of anilines is 1. The molecule has 0 aliphatic rings. The third-order valence-corrected chi connectivity index (χ3v) is 3.98. The van der Waals surface area contributed by atoms with Crippen molar-refractivity contribution in [3.05, 3.63) is 71.0 Å². The minimum absolute atomic E-state index is 0.158. The average molecular weight is 339 g/mol. The Morgan fingerprint density at radius 1 is 1.16 bits per heavy atom. The Labute approximate surface area is 144 Å². The van der Waals surface area contributed by atoms with E-state index in [1.807, 2.05) is 13.8 Å². The lowest BCUT2D eigenvalue weighted by Gasteiger charge is -2.22. The van der Waals surface area contributed by atoms with E-state index in [1.165, 1.54) is 29.1 Å². The molecule has 1 amide bonds. The normalized spacial score (nSPS) is 12.3. The lowest BCUT2D eigenvalue weighted by molar-refractivity contribution is -0.120. The summed E-state index contributed by atoms with van der Waals surface area (Å²) in [5.41, 5.74) is 0.646. The minimum Gasteiger partial charge on any atom is -0.324 e. The van der Waals surface area contributed by atoms with Gasteiger partial charge in [0.15, 0.2) is 0 Å². The number of rotatable bonds is 4. The van der Waals surface area contributed by atoms with Crippen molar-refractivity contribution in [3.8, 4) is 0 Å². The molecule has 0 bridgehead atoms. The lowest BCUT2D eigenvalue weighted by atomic mass is 10.0. The van der Waals surface area contributed by atoms with Gasteiger partial charge in [0.1, 0.15) is 11.9 Å². The zero-order valence-corrected chi connectivity index (χ0v) is 13.9. The molecule has 0 saturated heterocycles. The van der Waals surface area contributed by atoms with Crippen LogP contribution in [0.2, 0.25) is 0 Å². The van der Waals surface area contributed by atoms with Crippen LogP contribution in [0.4, 0.5) is 10.1 Å². The van der Waals surface area contributed by atoms with E-state index in [4.69, 9.17) is 0 Å². The highest BCUT2D eigenvalue weighted by Crippen LogP contribution is 2.20. The molecular formula is C19H18FN3O2. The maximum atomic E-state index is 13.3. The lowest BCUT2D eigenvalue weighted by Crippen LogP contribution is -2.36. The van der Waals surface area contributed by atoms with Gasteiger partial charge in [0.2, 0.25) is 5.91 Å². The summed E-state index contributed by atoms with van der Waals surface area (Å²) in [6, 6.07) is 11.9. The fourth-order valence-electron chi connectivity index (χ4n) is 2.81. The van der Waals surface area contributed by atoms with E-state index < -0.39 is 11.9 Å². The summed E-state index contributed by atoms with van der Waals surface area (Å²) in [5.74, 6) is -0.988. The van der Waals surface area contributed by atoms with E-state index in [9.17, 15) is 14.0 Å². The van der Waals surface area contributed by atoms with Gasteiger partial charge < -0.3 is 5.32 Å². The van der Waals surface area contributed by atoms with E-state index in [0.717, 1.165) is 0 Å². The van der Waals surface area contributed by atoms with Crippen LogP contribution in [0.25, 0.3) is 10.9 Å². The van der Waals surface area contributed by atoms with Crippen molar-refractivity contribution in [1.82, 2.24) is 9.55 Å². The van der Waals surface area contributed by atoms with E-state index in [0.29, 0.717) is 16.6 Å². The zero-order valence-electron chi connectivity index (χ0n) is 13.9. The van der Waals surface area contributed by atoms with E-state index >= 15 is 0 Å². The number of aromatic nitrogens is 2. The second kappa shape index (κ2) is 6.84. The van der Waals surface area contributed by atoms with Gasteiger partial charge >= 0.3 is 0 Å². The van der Waals surface area contributed by atoms with Gasteiger partial charge in [-0.15, -0.1) is 0 Å². The van der Waals surface area contributed by atoms with Gasteiger partial charge in [0.25, 0.3) is 5.56 Å². The van der Waals surface area contributed by atoms with Crippen LogP contribution in [-0.2, 0) is 4.79 Å². The molecule has 0 unspecified atom stereocenters. The second-order valence-corrected chi connectivity index (χ2v) is 6.16. The molecule has 2 aromatic carbocycles. The molecule has 0 radical (unpaired) electrons. The molecule has 0 fully saturated rings. The third kappa shape index (κ3) is 3.42. The predicted octanol–water partition coefficient (Wildman–Crippen LogP) is 3.37. The molecule has 0 aliphatic carbocycles. The summed E-state index contributed by atoms with van der Waals surface area (Å²) >= 11 is 0. The summed E-state index contributed by atoms with van der Waals surface area (Å²) in [4.78, 5) is 29.8. The van der Waals surface area contributed by atoms with Crippen LogP contribution >= 0.6 is 0 Å². The molecule has 0 aliphatic heterocycles. The van der Waals surface area contributed by atoms with Crippen LogP contribution in [0.5, 0.6) is 0 Å². The first-order valence-corrected chi connectivity index (χ1v) is 7.99. The fourth-order valence-corrected chi connectivity index (χ4v) is 2.81. The van der Waals surface area contributed by atoms with Gasteiger partial charge in [0, 0.05) is 5.69 Å². The number of para-hydroxylation sites is 1. The Balaban J connectivity index is 2.00. The Bertz CT molecular complexity index is 982. The topological polar surface area (TPSA) is 64.0 Å². The van der Waals surface area contributed by atoms with Crippen LogP contribution in [0.15, 0.2) is 59.7 Å². The number of hydrogen-bond donors (Lipinski definition) is 1. The smallest absolute Gasteiger partial charge is 0.261 e. The molecule has 0 saturated carbocycles. The van der Waals surface area contributed by atoms with Crippen molar-refractivity contribution in [2.24, 2.45) is 5.92 Å². The van der Waals surface area contributed by atoms with Gasteiger partial charge in [-0.3, -0.25) is 14.2 Å². The van der Waals surface area contributed by atoms with Gasteiger partial charge in [0.05, 0.1) is 17.2 Å². The highest BCUT2D eigenvalue weighted by Gasteiger charge is 2.26. The number of fused-ring (bicyclic) bond motifs is 1. The first-order chi connectivity index (χ1) is 12.0. The first kappa shape index (κ1) is 16.8. The number of halogens is 1. The first-order valence-electron chi connectivity index (χ1n) is 7.99. The van der Waals surface area contributed by atoms with Crippen molar-refractivity contribution in [1.29, 1.82) is 0 Å². The fraction of sp³-hybridized carbons (Fsp3) is 0.211. The summed E-state index contributed by atoms with van der Waals surface area (Å²) in [6.07, 6.45) is 1.39. The molecule has 5 nitrogen and oxygen atoms in total. The van der Waals surface area contributed by atoms with Gasteiger partial charge in [-0.05, 0) is 36.2 Å². The highest BCUT2D eigenvalue weighted by molar-refractivity contribution is 5.94. The Morgan fingerprint density at radius 2 is 1.92 bits per heavy atom. The molecular weight excluding hydrogens is 321 g/mol.